The van der Waals surface area contributed by atoms with Crippen LogP contribution in [0.1, 0.15) is 5.69 Å². The summed E-state index contributed by atoms with van der Waals surface area (Å²) >= 11 is 9.12. The van der Waals surface area contributed by atoms with Gasteiger partial charge in [-0.05, 0) is 46.3 Å². The molecule has 0 bridgehead atoms. The van der Waals surface area contributed by atoms with Crippen molar-refractivity contribution in [1.82, 2.24) is 4.98 Å². The summed E-state index contributed by atoms with van der Waals surface area (Å²) in [7, 11) is 0. The first kappa shape index (κ1) is 12.2. The van der Waals surface area contributed by atoms with Crippen LogP contribution in [0.3, 0.4) is 0 Å². The lowest BCUT2D eigenvalue weighted by Gasteiger charge is -2.08. The Balaban J connectivity index is 2.04. The lowest BCUT2D eigenvalue weighted by molar-refractivity contribution is 0.303. The number of pyridine rings is 1. The number of nitrogens with zero attached hydrogens (tertiary/aromatic N) is 1. The number of nitrogen functional groups attached to an aromatic ring is 1. The van der Waals surface area contributed by atoms with Crippen LogP contribution in [0, 0.1) is 0 Å². The first-order chi connectivity index (χ1) is 8.15. The molecular weight excluding hydrogens is 304 g/mol. The molecule has 1 aromatic carbocycles. The van der Waals surface area contributed by atoms with Crippen LogP contribution in [0.2, 0.25) is 5.02 Å². The van der Waals surface area contributed by atoms with Gasteiger partial charge in [-0.3, -0.25) is 4.98 Å². The summed E-state index contributed by atoms with van der Waals surface area (Å²) in [6.07, 6.45) is 1.73. The number of ether oxygens (including phenoxy) is 1. The van der Waals surface area contributed by atoms with Gasteiger partial charge in [-0.2, -0.15) is 0 Å². The Labute approximate surface area is 113 Å². The van der Waals surface area contributed by atoms with E-state index in [2.05, 4.69) is 20.9 Å². The lowest BCUT2D eigenvalue weighted by Crippen LogP contribution is -2.00. The van der Waals surface area contributed by atoms with Gasteiger partial charge < -0.3 is 10.5 Å². The SMILES string of the molecule is Nc1cc(Cl)ccc1OCc1ccc(Br)cn1. The van der Waals surface area contributed by atoms with Gasteiger partial charge in [-0.1, -0.05) is 11.6 Å². The highest BCUT2D eigenvalue weighted by molar-refractivity contribution is 9.10. The summed E-state index contributed by atoms with van der Waals surface area (Å²) in [5.74, 6) is 0.610. The molecule has 2 N–H and O–H groups in total. The highest BCUT2D eigenvalue weighted by atomic mass is 79.9. The van der Waals surface area contributed by atoms with Crippen molar-refractivity contribution in [2.45, 2.75) is 6.61 Å². The van der Waals surface area contributed by atoms with Crippen LogP contribution in [0.5, 0.6) is 5.75 Å². The zero-order valence-corrected chi connectivity index (χ0v) is 11.2. The molecule has 0 atom stereocenters. The fourth-order valence-corrected chi connectivity index (χ4v) is 1.71. The second-order valence-corrected chi connectivity index (χ2v) is 4.79. The Kier molecular flexibility index (Phi) is 3.86. The largest absolute Gasteiger partial charge is 0.485 e. The molecular formula is C12H10BrClN2O. The molecule has 1 heterocycles. The summed E-state index contributed by atoms with van der Waals surface area (Å²) in [6, 6.07) is 8.94. The van der Waals surface area contributed by atoms with E-state index in [0.717, 1.165) is 10.2 Å². The Hall–Kier alpha value is -1.26. The predicted octanol–water partition coefficient (Wildman–Crippen LogP) is 3.66. The number of hydrogen-bond donors (Lipinski definition) is 1. The Morgan fingerprint density at radius 1 is 1.29 bits per heavy atom. The standard InChI is InChI=1S/C12H10BrClN2O/c13-8-1-3-10(16-6-8)7-17-12-4-2-9(14)5-11(12)15/h1-6H,7,15H2. The first-order valence-corrected chi connectivity index (χ1v) is 6.10. The van der Waals surface area contributed by atoms with Crippen molar-refractivity contribution in [2.75, 3.05) is 5.73 Å². The monoisotopic (exact) mass is 312 g/mol. The fraction of sp³-hybridized carbons (Fsp3) is 0.0833. The van der Waals surface area contributed by atoms with Crippen LogP contribution < -0.4 is 10.5 Å². The molecule has 17 heavy (non-hydrogen) atoms. The molecule has 3 nitrogen and oxygen atoms in total. The van der Waals surface area contributed by atoms with E-state index in [1.165, 1.54) is 0 Å². The molecule has 0 radical (unpaired) electrons. The minimum atomic E-state index is 0.374. The smallest absolute Gasteiger partial charge is 0.142 e. The minimum Gasteiger partial charge on any atom is -0.485 e. The van der Waals surface area contributed by atoms with Crippen LogP contribution in [0.25, 0.3) is 0 Å². The number of hydrogen-bond acceptors (Lipinski definition) is 3. The van der Waals surface area contributed by atoms with Crippen molar-refractivity contribution in [3.63, 3.8) is 0 Å². The number of halogens is 2. The van der Waals surface area contributed by atoms with E-state index in [9.17, 15) is 0 Å². The van der Waals surface area contributed by atoms with Gasteiger partial charge in [0.2, 0.25) is 0 Å². The number of benzene rings is 1. The van der Waals surface area contributed by atoms with Crippen molar-refractivity contribution < 1.29 is 4.74 Å². The minimum absolute atomic E-state index is 0.374. The third kappa shape index (κ3) is 3.35. The summed E-state index contributed by atoms with van der Waals surface area (Å²) in [4.78, 5) is 4.20. The third-order valence-electron chi connectivity index (χ3n) is 2.14. The second-order valence-electron chi connectivity index (χ2n) is 3.44. The van der Waals surface area contributed by atoms with Crippen molar-refractivity contribution in [1.29, 1.82) is 0 Å². The fourth-order valence-electron chi connectivity index (χ4n) is 1.29. The van der Waals surface area contributed by atoms with Crippen molar-refractivity contribution in [3.8, 4) is 5.75 Å². The number of rotatable bonds is 3. The van der Waals surface area contributed by atoms with E-state index in [-0.39, 0.29) is 0 Å². The lowest BCUT2D eigenvalue weighted by atomic mass is 10.3. The van der Waals surface area contributed by atoms with Gasteiger partial charge in [0.15, 0.2) is 0 Å². The average Bonchev–Trinajstić information content (AvgIpc) is 2.30. The molecule has 2 aromatic rings. The zero-order valence-electron chi connectivity index (χ0n) is 8.86. The maximum atomic E-state index is 5.80. The van der Waals surface area contributed by atoms with Crippen molar-refractivity contribution in [3.05, 3.63) is 51.7 Å². The summed E-state index contributed by atoms with van der Waals surface area (Å²) in [5.41, 5.74) is 7.13. The Morgan fingerprint density at radius 2 is 2.12 bits per heavy atom. The van der Waals surface area contributed by atoms with Gasteiger partial charge >= 0.3 is 0 Å². The highest BCUT2D eigenvalue weighted by Gasteiger charge is 2.02. The first-order valence-electron chi connectivity index (χ1n) is 4.93. The summed E-state index contributed by atoms with van der Waals surface area (Å²) in [5, 5.41) is 0.594. The van der Waals surface area contributed by atoms with Crippen LogP contribution in [-0.4, -0.2) is 4.98 Å². The average molecular weight is 314 g/mol. The van der Waals surface area contributed by atoms with E-state index in [1.54, 1.807) is 24.4 Å². The molecule has 88 valence electrons. The van der Waals surface area contributed by atoms with Crippen LogP contribution in [0.4, 0.5) is 5.69 Å². The molecule has 5 heteroatoms. The molecule has 0 aliphatic carbocycles. The quantitative estimate of drug-likeness (QED) is 0.880. The molecule has 2 rings (SSSR count). The summed E-state index contributed by atoms with van der Waals surface area (Å²) < 4.78 is 6.49. The topological polar surface area (TPSA) is 48.1 Å². The molecule has 0 saturated carbocycles. The molecule has 1 aromatic heterocycles. The Bertz CT molecular complexity index is 516. The normalized spacial score (nSPS) is 10.2. The van der Waals surface area contributed by atoms with Crippen LogP contribution >= 0.6 is 27.5 Å². The molecule has 0 unspecified atom stereocenters. The van der Waals surface area contributed by atoms with E-state index in [4.69, 9.17) is 22.1 Å². The van der Waals surface area contributed by atoms with Gasteiger partial charge in [0.25, 0.3) is 0 Å². The van der Waals surface area contributed by atoms with Gasteiger partial charge in [0.1, 0.15) is 12.4 Å². The number of nitrogens with two attached hydrogens (primary N) is 1. The molecule has 0 aliphatic heterocycles. The molecule has 0 aliphatic rings. The maximum absolute atomic E-state index is 5.80. The predicted molar refractivity (Wildman–Crippen MR) is 72.1 cm³/mol. The summed E-state index contributed by atoms with van der Waals surface area (Å²) in [6.45, 7) is 0.374. The second kappa shape index (κ2) is 5.38. The van der Waals surface area contributed by atoms with Crippen molar-refractivity contribution in [2.24, 2.45) is 0 Å². The Morgan fingerprint density at radius 3 is 2.76 bits per heavy atom. The van der Waals surface area contributed by atoms with Crippen LogP contribution in [0.15, 0.2) is 41.0 Å². The van der Waals surface area contributed by atoms with E-state index in [0.29, 0.717) is 23.1 Å². The van der Waals surface area contributed by atoms with E-state index in [1.807, 2.05) is 12.1 Å². The molecule has 0 amide bonds. The number of aromatic nitrogens is 1. The maximum Gasteiger partial charge on any atom is 0.142 e. The van der Waals surface area contributed by atoms with Crippen LogP contribution in [-0.2, 0) is 6.61 Å². The van der Waals surface area contributed by atoms with Gasteiger partial charge in [0.05, 0.1) is 11.4 Å². The zero-order chi connectivity index (χ0) is 12.3. The van der Waals surface area contributed by atoms with E-state index >= 15 is 0 Å². The number of anilines is 1. The van der Waals surface area contributed by atoms with Gasteiger partial charge in [-0.15, -0.1) is 0 Å². The molecule has 0 fully saturated rings. The third-order valence-corrected chi connectivity index (χ3v) is 2.84. The van der Waals surface area contributed by atoms with E-state index < -0.39 is 0 Å². The van der Waals surface area contributed by atoms with Crippen molar-refractivity contribution >= 4 is 33.2 Å². The van der Waals surface area contributed by atoms with Gasteiger partial charge in [-0.25, -0.2) is 0 Å². The molecule has 0 spiro atoms. The molecule has 0 saturated heterocycles. The van der Waals surface area contributed by atoms with Gasteiger partial charge in [0, 0.05) is 15.7 Å². The highest BCUT2D eigenvalue weighted by Crippen LogP contribution is 2.25.